The lowest BCUT2D eigenvalue weighted by molar-refractivity contribution is -0.135. The zero-order chi connectivity index (χ0) is 11.5. The van der Waals surface area contributed by atoms with Crippen molar-refractivity contribution >= 4 is 12.0 Å². The van der Waals surface area contributed by atoms with E-state index in [-0.39, 0.29) is 11.8 Å². The van der Waals surface area contributed by atoms with Gasteiger partial charge in [0.1, 0.15) is 6.33 Å². The third-order valence-electron chi connectivity index (χ3n) is 2.56. The van der Waals surface area contributed by atoms with Gasteiger partial charge in [0.25, 0.3) is 0 Å². The minimum absolute atomic E-state index is 0.0668. The van der Waals surface area contributed by atoms with E-state index in [4.69, 9.17) is 4.74 Å². The van der Waals surface area contributed by atoms with E-state index in [1.165, 1.54) is 30.2 Å². The van der Waals surface area contributed by atoms with E-state index in [2.05, 4.69) is 4.98 Å². The lowest BCUT2D eigenvalue weighted by atomic mass is 10.0. The fraction of sp³-hybridized carbons (Fsp3) is 0.500. The monoisotopic (exact) mass is 223 g/mol. The maximum Gasteiger partial charge on any atom is 0.419 e. The number of carbonyl (C=O) groups excluding carboxylic acids is 2. The Hall–Kier alpha value is -1.85. The van der Waals surface area contributed by atoms with Crippen molar-refractivity contribution < 1.29 is 14.3 Å². The van der Waals surface area contributed by atoms with Gasteiger partial charge in [0.15, 0.2) is 0 Å². The fourth-order valence-electron chi connectivity index (χ4n) is 1.56. The number of amides is 1. The first-order valence-electron chi connectivity index (χ1n) is 5.07. The molecule has 16 heavy (non-hydrogen) atoms. The van der Waals surface area contributed by atoms with Crippen molar-refractivity contribution in [1.29, 1.82) is 0 Å². The first-order valence-corrected chi connectivity index (χ1v) is 5.07. The van der Waals surface area contributed by atoms with Crippen molar-refractivity contribution in [1.82, 2.24) is 14.5 Å². The number of aromatic nitrogens is 2. The molecular weight excluding hydrogens is 210 g/mol. The standard InChI is InChI=1S/C10H13N3O3/c1-8(14)13-4-9(5-13)6-16-10(15)12-3-2-11-7-12/h2-3,7,9H,4-6H2,1H3. The van der Waals surface area contributed by atoms with Gasteiger partial charge in [-0.05, 0) is 0 Å². The van der Waals surface area contributed by atoms with Crippen LogP contribution in [0.25, 0.3) is 0 Å². The number of hydrogen-bond acceptors (Lipinski definition) is 4. The molecule has 0 bridgehead atoms. The molecule has 1 aromatic rings. The van der Waals surface area contributed by atoms with Gasteiger partial charge in [-0.3, -0.25) is 4.79 Å². The molecule has 0 saturated carbocycles. The molecular formula is C10H13N3O3. The number of rotatable bonds is 2. The van der Waals surface area contributed by atoms with E-state index in [0.29, 0.717) is 19.7 Å². The van der Waals surface area contributed by atoms with Crippen LogP contribution in [0.1, 0.15) is 6.92 Å². The van der Waals surface area contributed by atoms with Crippen molar-refractivity contribution in [3.63, 3.8) is 0 Å². The molecule has 86 valence electrons. The lowest BCUT2D eigenvalue weighted by Gasteiger charge is -2.38. The summed E-state index contributed by atoms with van der Waals surface area (Å²) in [5, 5.41) is 0. The SMILES string of the molecule is CC(=O)N1CC(COC(=O)n2ccnc2)C1. The molecule has 1 aromatic heterocycles. The molecule has 0 unspecified atom stereocenters. The molecule has 0 aliphatic carbocycles. The molecule has 6 heteroatoms. The molecule has 0 aromatic carbocycles. The second-order valence-corrected chi connectivity index (χ2v) is 3.84. The Balaban J connectivity index is 1.70. The molecule has 1 aliphatic heterocycles. The van der Waals surface area contributed by atoms with Crippen LogP contribution in [-0.4, -0.2) is 46.1 Å². The fourth-order valence-corrected chi connectivity index (χ4v) is 1.56. The van der Waals surface area contributed by atoms with Gasteiger partial charge in [0, 0.05) is 38.3 Å². The molecule has 0 atom stereocenters. The summed E-state index contributed by atoms with van der Waals surface area (Å²) in [5.74, 6) is 0.327. The quantitative estimate of drug-likeness (QED) is 0.725. The number of nitrogens with zero attached hydrogens (tertiary/aromatic N) is 3. The molecule has 0 N–H and O–H groups in total. The van der Waals surface area contributed by atoms with Crippen molar-refractivity contribution in [2.24, 2.45) is 5.92 Å². The molecule has 6 nitrogen and oxygen atoms in total. The summed E-state index contributed by atoms with van der Waals surface area (Å²) in [4.78, 5) is 27.8. The lowest BCUT2D eigenvalue weighted by Crippen LogP contribution is -2.51. The molecule has 1 saturated heterocycles. The van der Waals surface area contributed by atoms with Gasteiger partial charge in [-0.1, -0.05) is 0 Å². The average molecular weight is 223 g/mol. The van der Waals surface area contributed by atoms with E-state index < -0.39 is 6.09 Å². The topological polar surface area (TPSA) is 64.4 Å². The summed E-state index contributed by atoms with van der Waals surface area (Å²) in [6, 6.07) is 0. The van der Waals surface area contributed by atoms with Crippen LogP contribution in [-0.2, 0) is 9.53 Å². The highest BCUT2D eigenvalue weighted by Gasteiger charge is 2.29. The number of carbonyl (C=O) groups is 2. The van der Waals surface area contributed by atoms with Crippen molar-refractivity contribution in [2.75, 3.05) is 19.7 Å². The Morgan fingerprint density at radius 1 is 1.50 bits per heavy atom. The number of hydrogen-bond donors (Lipinski definition) is 0. The zero-order valence-corrected chi connectivity index (χ0v) is 9.00. The Labute approximate surface area is 92.8 Å². The van der Waals surface area contributed by atoms with Crippen LogP contribution >= 0.6 is 0 Å². The maximum absolute atomic E-state index is 11.4. The first kappa shape index (κ1) is 10.7. The van der Waals surface area contributed by atoms with Crippen LogP contribution in [0.3, 0.4) is 0 Å². The molecule has 1 aliphatic rings. The van der Waals surface area contributed by atoms with Gasteiger partial charge in [-0.25, -0.2) is 14.3 Å². The Morgan fingerprint density at radius 2 is 2.25 bits per heavy atom. The Kier molecular flexibility index (Phi) is 2.89. The van der Waals surface area contributed by atoms with Gasteiger partial charge in [0.05, 0.1) is 6.61 Å². The van der Waals surface area contributed by atoms with Crippen LogP contribution in [0.4, 0.5) is 4.79 Å². The Morgan fingerprint density at radius 3 is 2.81 bits per heavy atom. The smallest absolute Gasteiger partial charge is 0.419 e. The van der Waals surface area contributed by atoms with Crippen LogP contribution in [0.15, 0.2) is 18.7 Å². The third kappa shape index (κ3) is 2.21. The van der Waals surface area contributed by atoms with E-state index in [9.17, 15) is 9.59 Å². The summed E-state index contributed by atoms with van der Waals surface area (Å²) in [6.07, 6.45) is 4.01. The largest absolute Gasteiger partial charge is 0.448 e. The van der Waals surface area contributed by atoms with Gasteiger partial charge >= 0.3 is 6.09 Å². The molecule has 1 amide bonds. The number of likely N-dealkylation sites (tertiary alicyclic amines) is 1. The summed E-state index contributed by atoms with van der Waals surface area (Å²) in [5.41, 5.74) is 0. The predicted molar refractivity (Wildman–Crippen MR) is 54.7 cm³/mol. The maximum atomic E-state index is 11.4. The van der Waals surface area contributed by atoms with Crippen LogP contribution in [0.2, 0.25) is 0 Å². The minimum Gasteiger partial charge on any atom is -0.448 e. The average Bonchev–Trinajstić information content (AvgIpc) is 2.66. The number of ether oxygens (including phenoxy) is 1. The van der Waals surface area contributed by atoms with Gasteiger partial charge in [0.2, 0.25) is 5.91 Å². The number of imidazole rings is 1. The summed E-state index contributed by atoms with van der Waals surface area (Å²) in [7, 11) is 0. The zero-order valence-electron chi connectivity index (χ0n) is 9.00. The van der Waals surface area contributed by atoms with Crippen LogP contribution in [0.5, 0.6) is 0 Å². The van der Waals surface area contributed by atoms with Crippen LogP contribution < -0.4 is 0 Å². The highest BCUT2D eigenvalue weighted by molar-refractivity contribution is 5.74. The normalized spacial score (nSPS) is 15.7. The van der Waals surface area contributed by atoms with Crippen LogP contribution in [0, 0.1) is 5.92 Å². The second kappa shape index (κ2) is 4.34. The highest BCUT2D eigenvalue weighted by atomic mass is 16.5. The van der Waals surface area contributed by atoms with Crippen molar-refractivity contribution in [3.8, 4) is 0 Å². The Bertz CT molecular complexity index is 382. The molecule has 0 radical (unpaired) electrons. The second-order valence-electron chi connectivity index (χ2n) is 3.84. The summed E-state index contributed by atoms with van der Waals surface area (Å²) < 4.78 is 6.34. The predicted octanol–water partition coefficient (Wildman–Crippen LogP) is 0.346. The summed E-state index contributed by atoms with van der Waals surface area (Å²) >= 11 is 0. The van der Waals surface area contributed by atoms with E-state index in [1.54, 1.807) is 4.90 Å². The molecule has 1 fully saturated rings. The van der Waals surface area contributed by atoms with Crippen molar-refractivity contribution in [3.05, 3.63) is 18.7 Å². The van der Waals surface area contributed by atoms with Gasteiger partial charge in [-0.15, -0.1) is 0 Å². The van der Waals surface area contributed by atoms with Crippen molar-refractivity contribution in [2.45, 2.75) is 6.92 Å². The van der Waals surface area contributed by atoms with E-state index in [0.717, 1.165) is 0 Å². The highest BCUT2D eigenvalue weighted by Crippen LogP contribution is 2.15. The van der Waals surface area contributed by atoms with E-state index in [1.807, 2.05) is 0 Å². The third-order valence-corrected chi connectivity index (χ3v) is 2.56. The van der Waals surface area contributed by atoms with Gasteiger partial charge < -0.3 is 9.64 Å². The first-order chi connectivity index (χ1) is 7.66. The van der Waals surface area contributed by atoms with E-state index >= 15 is 0 Å². The molecule has 2 heterocycles. The minimum atomic E-state index is -0.432. The van der Waals surface area contributed by atoms with Gasteiger partial charge in [-0.2, -0.15) is 0 Å². The molecule has 2 rings (SSSR count). The molecule has 0 spiro atoms. The summed E-state index contributed by atoms with van der Waals surface area (Å²) in [6.45, 7) is 3.23.